The van der Waals surface area contributed by atoms with E-state index in [1.165, 1.54) is 12.1 Å². The van der Waals surface area contributed by atoms with Gasteiger partial charge in [-0.2, -0.15) is 5.26 Å². The number of rotatable bonds is 5. The maximum atomic E-state index is 11.8. The lowest BCUT2D eigenvalue weighted by Gasteiger charge is -2.05. The van der Waals surface area contributed by atoms with Crippen molar-refractivity contribution in [2.75, 3.05) is 11.9 Å². The van der Waals surface area contributed by atoms with Crippen LogP contribution in [0.5, 0.6) is 0 Å². The molecule has 0 aromatic heterocycles. The summed E-state index contributed by atoms with van der Waals surface area (Å²) in [4.78, 5) is 23.4. The average molecular weight is 375 g/mol. The second-order valence-corrected chi connectivity index (χ2v) is 5.63. The SMILES string of the molecule is N#Cc1cccc(NC(=O)COC(=O)/C=C/c2c(Cl)cccc2Cl)c1. The van der Waals surface area contributed by atoms with Crippen molar-refractivity contribution in [3.8, 4) is 6.07 Å². The van der Waals surface area contributed by atoms with Crippen LogP contribution in [0.1, 0.15) is 11.1 Å². The van der Waals surface area contributed by atoms with Gasteiger partial charge in [-0.3, -0.25) is 4.79 Å². The number of amides is 1. The number of halogens is 2. The Morgan fingerprint density at radius 2 is 1.84 bits per heavy atom. The second kappa shape index (κ2) is 8.88. The van der Waals surface area contributed by atoms with Crippen molar-refractivity contribution < 1.29 is 14.3 Å². The van der Waals surface area contributed by atoms with Gasteiger partial charge in [0.1, 0.15) is 0 Å². The van der Waals surface area contributed by atoms with E-state index in [1.54, 1.807) is 36.4 Å². The first-order valence-electron chi connectivity index (χ1n) is 7.08. The van der Waals surface area contributed by atoms with E-state index in [-0.39, 0.29) is 0 Å². The number of hydrogen-bond donors (Lipinski definition) is 1. The summed E-state index contributed by atoms with van der Waals surface area (Å²) in [6.07, 6.45) is 2.55. The maximum Gasteiger partial charge on any atom is 0.331 e. The van der Waals surface area contributed by atoms with Crippen LogP contribution in [0.3, 0.4) is 0 Å². The molecule has 0 fully saturated rings. The molecule has 0 saturated carbocycles. The van der Waals surface area contributed by atoms with Gasteiger partial charge in [0.15, 0.2) is 6.61 Å². The molecule has 25 heavy (non-hydrogen) atoms. The zero-order valence-electron chi connectivity index (χ0n) is 12.8. The Labute approximate surface area is 154 Å². The van der Waals surface area contributed by atoms with Gasteiger partial charge in [0.2, 0.25) is 0 Å². The second-order valence-electron chi connectivity index (χ2n) is 4.82. The highest BCUT2D eigenvalue weighted by Crippen LogP contribution is 2.25. The van der Waals surface area contributed by atoms with Gasteiger partial charge in [0.05, 0.1) is 11.6 Å². The lowest BCUT2D eigenvalue weighted by Crippen LogP contribution is -2.20. The number of anilines is 1. The smallest absolute Gasteiger partial charge is 0.331 e. The van der Waals surface area contributed by atoms with Gasteiger partial charge in [-0.1, -0.05) is 35.3 Å². The Bertz CT molecular complexity index is 853. The van der Waals surface area contributed by atoms with E-state index in [1.807, 2.05) is 6.07 Å². The quantitative estimate of drug-likeness (QED) is 0.631. The van der Waals surface area contributed by atoms with Crippen LogP contribution in [0.25, 0.3) is 6.08 Å². The van der Waals surface area contributed by atoms with Crippen LogP contribution < -0.4 is 5.32 Å². The fourth-order valence-electron chi connectivity index (χ4n) is 1.87. The number of carbonyl (C=O) groups excluding carboxylic acids is 2. The van der Waals surface area contributed by atoms with Gasteiger partial charge in [-0.25, -0.2) is 4.79 Å². The molecule has 126 valence electrons. The molecule has 2 aromatic rings. The van der Waals surface area contributed by atoms with Crippen molar-refractivity contribution in [1.29, 1.82) is 5.26 Å². The third-order valence-corrected chi connectivity index (χ3v) is 3.67. The number of nitrogens with zero attached hydrogens (tertiary/aromatic N) is 1. The summed E-state index contributed by atoms with van der Waals surface area (Å²) in [5.74, 6) is -1.23. The summed E-state index contributed by atoms with van der Waals surface area (Å²) in [5.41, 5.74) is 1.34. The van der Waals surface area contributed by atoms with Crippen LogP contribution in [-0.2, 0) is 14.3 Å². The molecule has 0 radical (unpaired) electrons. The van der Waals surface area contributed by atoms with Crippen LogP contribution in [0.4, 0.5) is 5.69 Å². The molecule has 1 amide bonds. The third-order valence-electron chi connectivity index (χ3n) is 3.01. The van der Waals surface area contributed by atoms with Gasteiger partial charge in [-0.05, 0) is 36.4 Å². The summed E-state index contributed by atoms with van der Waals surface area (Å²) in [7, 11) is 0. The number of carbonyl (C=O) groups is 2. The molecule has 0 saturated heterocycles. The molecule has 5 nitrogen and oxygen atoms in total. The minimum absolute atomic E-state index is 0.395. The molecule has 1 N–H and O–H groups in total. The highest BCUT2D eigenvalue weighted by Gasteiger charge is 2.07. The van der Waals surface area contributed by atoms with E-state index in [2.05, 4.69) is 5.32 Å². The molecular formula is C18H12Cl2N2O3. The van der Waals surface area contributed by atoms with Crippen LogP contribution in [0.2, 0.25) is 10.0 Å². The fourth-order valence-corrected chi connectivity index (χ4v) is 2.39. The van der Waals surface area contributed by atoms with Crippen LogP contribution >= 0.6 is 23.2 Å². The number of hydrogen-bond acceptors (Lipinski definition) is 4. The topological polar surface area (TPSA) is 79.2 Å². The van der Waals surface area contributed by atoms with Crippen LogP contribution in [0.15, 0.2) is 48.5 Å². The molecule has 0 heterocycles. The van der Waals surface area contributed by atoms with E-state index in [4.69, 9.17) is 33.2 Å². The fraction of sp³-hybridized carbons (Fsp3) is 0.0556. The Morgan fingerprint density at radius 1 is 1.16 bits per heavy atom. The zero-order chi connectivity index (χ0) is 18.2. The summed E-state index contributed by atoms with van der Waals surface area (Å²) in [6, 6.07) is 13.3. The van der Waals surface area contributed by atoms with Crippen LogP contribution in [-0.4, -0.2) is 18.5 Å². The molecule has 0 bridgehead atoms. The van der Waals surface area contributed by atoms with Crippen molar-refractivity contribution >= 4 is 46.8 Å². The van der Waals surface area contributed by atoms with Gasteiger partial charge in [0, 0.05) is 27.4 Å². The van der Waals surface area contributed by atoms with E-state index in [0.29, 0.717) is 26.9 Å². The number of esters is 1. The summed E-state index contributed by atoms with van der Waals surface area (Å²) in [5, 5.41) is 12.1. The summed E-state index contributed by atoms with van der Waals surface area (Å²) < 4.78 is 4.85. The third kappa shape index (κ3) is 5.64. The lowest BCUT2D eigenvalue weighted by atomic mass is 10.2. The van der Waals surface area contributed by atoms with Crippen molar-refractivity contribution in [2.24, 2.45) is 0 Å². The van der Waals surface area contributed by atoms with Crippen molar-refractivity contribution in [3.63, 3.8) is 0 Å². The predicted molar refractivity (Wildman–Crippen MR) is 96.2 cm³/mol. The molecular weight excluding hydrogens is 363 g/mol. The molecule has 0 spiro atoms. The number of ether oxygens (including phenoxy) is 1. The first-order chi connectivity index (χ1) is 12.0. The normalized spacial score (nSPS) is 10.3. The van der Waals surface area contributed by atoms with E-state index < -0.39 is 18.5 Å². The molecule has 7 heteroatoms. The number of nitriles is 1. The number of benzene rings is 2. The highest BCUT2D eigenvalue weighted by atomic mass is 35.5. The first-order valence-corrected chi connectivity index (χ1v) is 7.84. The van der Waals surface area contributed by atoms with Gasteiger partial charge in [-0.15, -0.1) is 0 Å². The largest absolute Gasteiger partial charge is 0.452 e. The Balaban J connectivity index is 1.88. The Morgan fingerprint density at radius 3 is 2.52 bits per heavy atom. The van der Waals surface area contributed by atoms with E-state index in [0.717, 1.165) is 6.08 Å². The van der Waals surface area contributed by atoms with Crippen molar-refractivity contribution in [3.05, 3.63) is 69.7 Å². The maximum absolute atomic E-state index is 11.8. The molecule has 0 aliphatic carbocycles. The predicted octanol–water partition coefficient (Wildman–Crippen LogP) is 4.06. The highest BCUT2D eigenvalue weighted by molar-refractivity contribution is 6.37. The molecule has 2 rings (SSSR count). The lowest BCUT2D eigenvalue weighted by molar-refractivity contribution is -0.142. The zero-order valence-corrected chi connectivity index (χ0v) is 14.3. The standard InChI is InChI=1S/C18H12Cl2N2O3/c19-15-5-2-6-16(20)14(15)7-8-18(24)25-11-17(23)22-13-4-1-3-12(9-13)10-21/h1-9H,11H2,(H,22,23)/b8-7+. The molecule has 0 atom stereocenters. The first kappa shape index (κ1) is 18.5. The molecule has 2 aromatic carbocycles. The van der Waals surface area contributed by atoms with Gasteiger partial charge < -0.3 is 10.1 Å². The Hall–Kier alpha value is -2.81. The van der Waals surface area contributed by atoms with E-state index >= 15 is 0 Å². The van der Waals surface area contributed by atoms with Gasteiger partial charge in [0.25, 0.3) is 5.91 Å². The van der Waals surface area contributed by atoms with Crippen LogP contribution in [0, 0.1) is 11.3 Å². The van der Waals surface area contributed by atoms with Crippen molar-refractivity contribution in [2.45, 2.75) is 0 Å². The number of nitrogens with one attached hydrogen (secondary N) is 1. The van der Waals surface area contributed by atoms with Crippen molar-refractivity contribution in [1.82, 2.24) is 0 Å². The summed E-state index contributed by atoms with van der Waals surface area (Å²) in [6.45, 7) is -0.462. The minimum Gasteiger partial charge on any atom is -0.452 e. The average Bonchev–Trinajstić information content (AvgIpc) is 2.59. The Kier molecular flexibility index (Phi) is 6.58. The summed E-state index contributed by atoms with van der Waals surface area (Å²) >= 11 is 12.0. The van der Waals surface area contributed by atoms with Gasteiger partial charge >= 0.3 is 5.97 Å². The molecule has 0 aliphatic heterocycles. The monoisotopic (exact) mass is 374 g/mol. The minimum atomic E-state index is -0.711. The van der Waals surface area contributed by atoms with E-state index in [9.17, 15) is 9.59 Å². The molecule has 0 unspecified atom stereocenters. The molecule has 0 aliphatic rings.